The molecule has 118 valence electrons. The molecule has 0 spiro atoms. The summed E-state index contributed by atoms with van der Waals surface area (Å²) in [6.45, 7) is 10.2. The number of nitrogens with zero attached hydrogens (tertiary/aromatic N) is 1. The lowest BCUT2D eigenvalue weighted by atomic mass is 9.77. The Morgan fingerprint density at radius 1 is 1.32 bits per heavy atom. The van der Waals surface area contributed by atoms with Gasteiger partial charge in [0.1, 0.15) is 17.6 Å². The maximum absolute atomic E-state index is 10.1. The summed E-state index contributed by atoms with van der Waals surface area (Å²) in [6.07, 6.45) is 6.21. The molecule has 0 fully saturated rings. The van der Waals surface area contributed by atoms with Crippen molar-refractivity contribution in [2.75, 3.05) is 0 Å². The zero-order valence-corrected chi connectivity index (χ0v) is 13.6. The predicted octanol–water partition coefficient (Wildman–Crippen LogP) is 4.75. The summed E-state index contributed by atoms with van der Waals surface area (Å²) >= 11 is 0. The van der Waals surface area contributed by atoms with Gasteiger partial charge in [-0.05, 0) is 29.9 Å². The third-order valence-corrected chi connectivity index (χ3v) is 4.10. The Kier molecular flexibility index (Phi) is 6.77. The number of rotatable bonds is 5. The molecule has 0 aliphatic rings. The van der Waals surface area contributed by atoms with Crippen LogP contribution in [0.15, 0.2) is 49.2 Å². The highest BCUT2D eigenvalue weighted by Crippen LogP contribution is 2.31. The van der Waals surface area contributed by atoms with Gasteiger partial charge in [-0.25, -0.2) is 0 Å². The molecule has 0 aliphatic carbocycles. The van der Waals surface area contributed by atoms with Gasteiger partial charge in [0.25, 0.3) is 0 Å². The molecule has 3 nitrogen and oxygen atoms in total. The zero-order valence-electron chi connectivity index (χ0n) is 13.6. The number of benzene rings is 1. The van der Waals surface area contributed by atoms with Gasteiger partial charge >= 0.3 is 0 Å². The third-order valence-electron chi connectivity index (χ3n) is 4.10. The molecule has 0 aliphatic heterocycles. The molecule has 2 aromatic rings. The van der Waals surface area contributed by atoms with Crippen LogP contribution in [0.1, 0.15) is 33.6 Å². The Bertz CT molecular complexity index is 614. The van der Waals surface area contributed by atoms with Gasteiger partial charge in [0.15, 0.2) is 0 Å². The highest BCUT2D eigenvalue weighted by atomic mass is 16.3. The number of aromatic hydroxyl groups is 1. The first kappa shape index (κ1) is 17.9. The van der Waals surface area contributed by atoms with E-state index in [1.165, 1.54) is 0 Å². The summed E-state index contributed by atoms with van der Waals surface area (Å²) in [7, 11) is 0. The predicted molar refractivity (Wildman–Crippen MR) is 91.8 cm³/mol. The maximum atomic E-state index is 10.1. The molecule has 2 rings (SSSR count). The molecule has 3 heteroatoms. The zero-order chi connectivity index (χ0) is 16.6. The second kappa shape index (κ2) is 8.32. The minimum Gasteiger partial charge on any atom is -0.506 e. The monoisotopic (exact) mass is 299 g/mol. The molecule has 1 heterocycles. The van der Waals surface area contributed by atoms with Crippen molar-refractivity contribution in [2.45, 2.75) is 33.6 Å². The van der Waals surface area contributed by atoms with Crippen LogP contribution in [0.2, 0.25) is 0 Å². The van der Waals surface area contributed by atoms with E-state index in [0.717, 1.165) is 18.1 Å². The first-order valence-corrected chi connectivity index (χ1v) is 7.51. The summed E-state index contributed by atoms with van der Waals surface area (Å²) in [6, 6.07) is 9.13. The van der Waals surface area contributed by atoms with Crippen molar-refractivity contribution in [3.8, 4) is 5.75 Å². The smallest absolute Gasteiger partial charge is 0.141 e. The van der Waals surface area contributed by atoms with Crippen molar-refractivity contribution in [3.63, 3.8) is 0 Å². The lowest BCUT2D eigenvalue weighted by molar-refractivity contribution is -0.108. The van der Waals surface area contributed by atoms with Gasteiger partial charge in [0, 0.05) is 18.0 Å². The molecule has 1 aromatic heterocycles. The SMILES string of the molecule is C=CC(C)C(C)(C)CCC=O.Oc1cccc2cccnc12. The molecule has 0 bridgehead atoms. The topological polar surface area (TPSA) is 50.2 Å². The summed E-state index contributed by atoms with van der Waals surface area (Å²) in [5, 5.41) is 10.3. The Hall–Kier alpha value is -2.16. The van der Waals surface area contributed by atoms with Crippen LogP contribution in [0.4, 0.5) is 0 Å². The van der Waals surface area contributed by atoms with Gasteiger partial charge in [0.05, 0.1) is 0 Å². The van der Waals surface area contributed by atoms with E-state index in [2.05, 4.69) is 32.3 Å². The molecule has 1 atom stereocenters. The molecule has 0 saturated heterocycles. The van der Waals surface area contributed by atoms with Gasteiger partial charge < -0.3 is 9.90 Å². The number of phenolic OH excluding ortho intramolecular Hbond substituents is 1. The Balaban J connectivity index is 0.000000220. The number of allylic oxidation sites excluding steroid dienone is 1. The molecular weight excluding hydrogens is 274 g/mol. The van der Waals surface area contributed by atoms with Gasteiger partial charge in [0.2, 0.25) is 0 Å². The number of aromatic nitrogens is 1. The van der Waals surface area contributed by atoms with E-state index < -0.39 is 0 Å². The van der Waals surface area contributed by atoms with Crippen molar-refractivity contribution >= 4 is 17.2 Å². The first-order chi connectivity index (χ1) is 10.4. The standard InChI is InChI=1S/C10H18O.C9H7NO/c1-5-9(2)10(3,4)7-6-8-11;11-8-5-1-3-7-4-2-6-10-9(7)8/h5,8-9H,1,6-7H2,2-4H3;1-6,11H. The van der Waals surface area contributed by atoms with E-state index in [1.807, 2.05) is 24.3 Å². The van der Waals surface area contributed by atoms with Crippen LogP contribution in [-0.2, 0) is 4.79 Å². The van der Waals surface area contributed by atoms with Crippen LogP contribution in [-0.4, -0.2) is 16.4 Å². The average Bonchev–Trinajstić information content (AvgIpc) is 2.53. The molecular formula is C19H25NO2. The van der Waals surface area contributed by atoms with Gasteiger partial charge in [-0.1, -0.05) is 45.0 Å². The number of aldehydes is 1. The van der Waals surface area contributed by atoms with Gasteiger partial charge in [-0.15, -0.1) is 6.58 Å². The quantitative estimate of drug-likeness (QED) is 0.640. The summed E-state index contributed by atoms with van der Waals surface area (Å²) in [5.74, 6) is 0.713. The van der Waals surface area contributed by atoms with Crippen LogP contribution in [0.5, 0.6) is 5.75 Å². The second-order valence-corrected chi connectivity index (χ2v) is 6.07. The van der Waals surface area contributed by atoms with Crippen molar-refractivity contribution in [2.24, 2.45) is 11.3 Å². The van der Waals surface area contributed by atoms with E-state index in [1.54, 1.807) is 18.3 Å². The van der Waals surface area contributed by atoms with Crippen LogP contribution in [0, 0.1) is 11.3 Å². The Labute approximate surface area is 132 Å². The highest BCUT2D eigenvalue weighted by molar-refractivity contribution is 5.83. The molecule has 1 N–H and O–H groups in total. The fraction of sp³-hybridized carbons (Fsp3) is 0.368. The van der Waals surface area contributed by atoms with E-state index >= 15 is 0 Å². The van der Waals surface area contributed by atoms with Crippen LogP contribution < -0.4 is 0 Å². The number of phenols is 1. The fourth-order valence-corrected chi connectivity index (χ4v) is 2.07. The molecule has 0 radical (unpaired) electrons. The number of fused-ring (bicyclic) bond motifs is 1. The van der Waals surface area contributed by atoms with E-state index in [4.69, 9.17) is 0 Å². The number of carbonyl (C=O) groups excluding carboxylic acids is 1. The number of pyridine rings is 1. The van der Waals surface area contributed by atoms with Crippen LogP contribution in [0.25, 0.3) is 10.9 Å². The number of para-hydroxylation sites is 1. The summed E-state index contributed by atoms with van der Waals surface area (Å²) in [4.78, 5) is 14.2. The normalized spacial score (nSPS) is 12.1. The third kappa shape index (κ3) is 4.99. The lowest BCUT2D eigenvalue weighted by Crippen LogP contribution is -2.19. The molecule has 0 saturated carbocycles. The van der Waals surface area contributed by atoms with Crippen LogP contribution >= 0.6 is 0 Å². The second-order valence-electron chi connectivity index (χ2n) is 6.07. The number of hydrogen-bond acceptors (Lipinski definition) is 3. The molecule has 22 heavy (non-hydrogen) atoms. The van der Waals surface area contributed by atoms with Crippen molar-refractivity contribution < 1.29 is 9.90 Å². The van der Waals surface area contributed by atoms with Crippen LogP contribution in [0.3, 0.4) is 0 Å². The number of hydrogen-bond donors (Lipinski definition) is 1. The minimum atomic E-state index is 0.211. The molecule has 0 amide bonds. The van der Waals surface area contributed by atoms with E-state index in [9.17, 15) is 9.90 Å². The van der Waals surface area contributed by atoms with E-state index in [0.29, 0.717) is 17.9 Å². The average molecular weight is 299 g/mol. The first-order valence-electron chi connectivity index (χ1n) is 7.51. The molecule has 1 unspecified atom stereocenters. The largest absolute Gasteiger partial charge is 0.506 e. The van der Waals surface area contributed by atoms with Gasteiger partial charge in [-0.2, -0.15) is 0 Å². The van der Waals surface area contributed by atoms with Crippen molar-refractivity contribution in [3.05, 3.63) is 49.2 Å². The fourth-order valence-electron chi connectivity index (χ4n) is 2.07. The molecule has 1 aromatic carbocycles. The van der Waals surface area contributed by atoms with Crippen molar-refractivity contribution in [1.29, 1.82) is 0 Å². The maximum Gasteiger partial charge on any atom is 0.141 e. The number of carbonyl (C=O) groups is 1. The Morgan fingerprint density at radius 2 is 2.00 bits per heavy atom. The summed E-state index contributed by atoms with van der Waals surface area (Å²) in [5.41, 5.74) is 0.873. The summed E-state index contributed by atoms with van der Waals surface area (Å²) < 4.78 is 0. The Morgan fingerprint density at radius 3 is 2.59 bits per heavy atom. The van der Waals surface area contributed by atoms with Gasteiger partial charge in [-0.3, -0.25) is 4.98 Å². The van der Waals surface area contributed by atoms with Crippen molar-refractivity contribution in [1.82, 2.24) is 4.98 Å². The minimum absolute atomic E-state index is 0.211. The van der Waals surface area contributed by atoms with E-state index in [-0.39, 0.29) is 11.2 Å². The highest BCUT2D eigenvalue weighted by Gasteiger charge is 2.22. The lowest BCUT2D eigenvalue weighted by Gasteiger charge is -2.28.